The first-order valence-corrected chi connectivity index (χ1v) is 7.92. The largest absolute Gasteiger partial charge is 0.467 e. The molecule has 114 valence electrons. The standard InChI is InChI=1S/C15H18INO4/c1-20-15(19)12(9-10-4-2-5-11(16)8-10)17-14(18)13-6-3-7-21-13/h2,4-5,8,12-13H,3,6-7,9H2,1H3,(H,17,18)/t12-,13-/m1/s1. The Morgan fingerprint density at radius 2 is 2.33 bits per heavy atom. The fourth-order valence-corrected chi connectivity index (χ4v) is 2.89. The summed E-state index contributed by atoms with van der Waals surface area (Å²) in [7, 11) is 1.32. The minimum Gasteiger partial charge on any atom is -0.467 e. The van der Waals surface area contributed by atoms with Crippen molar-refractivity contribution < 1.29 is 19.1 Å². The van der Waals surface area contributed by atoms with Gasteiger partial charge in [0.05, 0.1) is 7.11 Å². The Morgan fingerprint density at radius 3 is 2.95 bits per heavy atom. The molecule has 1 aliphatic heterocycles. The molecule has 6 heteroatoms. The number of amides is 1. The van der Waals surface area contributed by atoms with Crippen LogP contribution in [0.3, 0.4) is 0 Å². The molecule has 2 atom stereocenters. The molecule has 0 saturated carbocycles. The predicted octanol–water partition coefficient (Wildman–Crippen LogP) is 1.67. The first kappa shape index (κ1) is 16.2. The monoisotopic (exact) mass is 403 g/mol. The van der Waals surface area contributed by atoms with Crippen LogP contribution in [0.2, 0.25) is 0 Å². The van der Waals surface area contributed by atoms with Crippen LogP contribution in [0, 0.1) is 3.57 Å². The number of methoxy groups -OCH3 is 1. The summed E-state index contributed by atoms with van der Waals surface area (Å²) in [5, 5.41) is 2.74. The maximum Gasteiger partial charge on any atom is 0.328 e. The molecule has 1 aliphatic rings. The van der Waals surface area contributed by atoms with Gasteiger partial charge in [0, 0.05) is 16.6 Å². The third-order valence-electron chi connectivity index (χ3n) is 3.35. The van der Waals surface area contributed by atoms with Crippen molar-refractivity contribution in [3.05, 3.63) is 33.4 Å². The Bertz CT molecular complexity index is 514. The lowest BCUT2D eigenvalue weighted by Gasteiger charge is -2.19. The molecular formula is C15H18INO4. The van der Waals surface area contributed by atoms with Crippen molar-refractivity contribution in [1.82, 2.24) is 5.32 Å². The molecule has 0 spiro atoms. The molecule has 1 aromatic carbocycles. The van der Waals surface area contributed by atoms with E-state index in [1.807, 2.05) is 24.3 Å². The van der Waals surface area contributed by atoms with Crippen LogP contribution in [-0.2, 0) is 25.5 Å². The zero-order valence-electron chi connectivity index (χ0n) is 11.8. The summed E-state index contributed by atoms with van der Waals surface area (Å²) >= 11 is 2.21. The van der Waals surface area contributed by atoms with E-state index in [2.05, 4.69) is 27.9 Å². The Labute approximate surface area is 137 Å². The molecule has 1 N–H and O–H groups in total. The van der Waals surface area contributed by atoms with Gasteiger partial charge in [-0.1, -0.05) is 12.1 Å². The van der Waals surface area contributed by atoms with Gasteiger partial charge in [-0.15, -0.1) is 0 Å². The van der Waals surface area contributed by atoms with Gasteiger partial charge in [-0.3, -0.25) is 4.79 Å². The molecule has 5 nitrogen and oxygen atoms in total. The van der Waals surface area contributed by atoms with Crippen molar-refractivity contribution >= 4 is 34.5 Å². The Hall–Kier alpha value is -1.15. The highest BCUT2D eigenvalue weighted by Crippen LogP contribution is 2.14. The van der Waals surface area contributed by atoms with Crippen LogP contribution in [0.25, 0.3) is 0 Å². The third-order valence-corrected chi connectivity index (χ3v) is 4.02. The summed E-state index contributed by atoms with van der Waals surface area (Å²) in [6.45, 7) is 0.595. The van der Waals surface area contributed by atoms with Crippen LogP contribution < -0.4 is 5.32 Å². The fraction of sp³-hybridized carbons (Fsp3) is 0.467. The number of benzene rings is 1. The van der Waals surface area contributed by atoms with Crippen LogP contribution in [-0.4, -0.2) is 37.7 Å². The maximum atomic E-state index is 12.1. The summed E-state index contributed by atoms with van der Waals surface area (Å²) in [6, 6.07) is 7.12. The van der Waals surface area contributed by atoms with Gasteiger partial charge in [-0.25, -0.2) is 4.79 Å². The average Bonchev–Trinajstić information content (AvgIpc) is 3.00. The molecule has 2 rings (SSSR count). The van der Waals surface area contributed by atoms with Gasteiger partial charge in [0.25, 0.3) is 0 Å². The van der Waals surface area contributed by atoms with Gasteiger partial charge in [-0.2, -0.15) is 0 Å². The van der Waals surface area contributed by atoms with Gasteiger partial charge in [-0.05, 0) is 53.1 Å². The highest BCUT2D eigenvalue weighted by Gasteiger charge is 2.28. The molecule has 1 heterocycles. The van der Waals surface area contributed by atoms with Crippen molar-refractivity contribution in [3.63, 3.8) is 0 Å². The van der Waals surface area contributed by atoms with Gasteiger partial charge in [0.15, 0.2) is 0 Å². The van der Waals surface area contributed by atoms with E-state index in [0.29, 0.717) is 19.4 Å². The van der Waals surface area contributed by atoms with E-state index in [-0.39, 0.29) is 5.91 Å². The molecular weight excluding hydrogens is 385 g/mol. The number of nitrogens with one attached hydrogen (secondary N) is 1. The van der Waals surface area contributed by atoms with Crippen molar-refractivity contribution in [2.24, 2.45) is 0 Å². The minimum absolute atomic E-state index is 0.242. The lowest BCUT2D eigenvalue weighted by atomic mass is 10.1. The van der Waals surface area contributed by atoms with Crippen molar-refractivity contribution in [2.45, 2.75) is 31.4 Å². The second-order valence-electron chi connectivity index (χ2n) is 4.92. The lowest BCUT2D eigenvalue weighted by Crippen LogP contribution is -2.47. The number of rotatable bonds is 5. The molecule has 0 bridgehead atoms. The maximum absolute atomic E-state index is 12.1. The Kier molecular flexibility index (Phi) is 5.98. The first-order valence-electron chi connectivity index (χ1n) is 6.84. The fourth-order valence-electron chi connectivity index (χ4n) is 2.28. The highest BCUT2D eigenvalue weighted by molar-refractivity contribution is 14.1. The smallest absolute Gasteiger partial charge is 0.328 e. The molecule has 21 heavy (non-hydrogen) atoms. The molecule has 0 unspecified atom stereocenters. The highest BCUT2D eigenvalue weighted by atomic mass is 127. The summed E-state index contributed by atoms with van der Waals surface area (Å²) in [5.41, 5.74) is 0.977. The van der Waals surface area contributed by atoms with Gasteiger partial charge >= 0.3 is 5.97 Å². The second-order valence-corrected chi connectivity index (χ2v) is 6.17. The molecule has 1 saturated heterocycles. The normalized spacial score (nSPS) is 19.0. The van der Waals surface area contributed by atoms with E-state index in [1.54, 1.807) is 0 Å². The summed E-state index contributed by atoms with van der Waals surface area (Å²) in [6.07, 6.45) is 1.52. The zero-order valence-corrected chi connectivity index (χ0v) is 14.0. The molecule has 0 aliphatic carbocycles. The second kappa shape index (κ2) is 7.74. The van der Waals surface area contributed by atoms with E-state index in [1.165, 1.54) is 7.11 Å². The van der Waals surface area contributed by atoms with E-state index in [9.17, 15) is 9.59 Å². The van der Waals surface area contributed by atoms with E-state index in [0.717, 1.165) is 15.6 Å². The molecule has 0 aromatic heterocycles. The number of hydrogen-bond donors (Lipinski definition) is 1. The van der Waals surface area contributed by atoms with Crippen LogP contribution >= 0.6 is 22.6 Å². The first-order chi connectivity index (χ1) is 10.1. The van der Waals surface area contributed by atoms with Crippen molar-refractivity contribution in [2.75, 3.05) is 13.7 Å². The van der Waals surface area contributed by atoms with E-state index >= 15 is 0 Å². The number of hydrogen-bond acceptors (Lipinski definition) is 4. The van der Waals surface area contributed by atoms with Gasteiger partial charge in [0.1, 0.15) is 12.1 Å². The van der Waals surface area contributed by atoms with Crippen molar-refractivity contribution in [1.29, 1.82) is 0 Å². The summed E-state index contributed by atoms with van der Waals surface area (Å²) in [4.78, 5) is 24.0. The Balaban J connectivity index is 2.03. The zero-order chi connectivity index (χ0) is 15.2. The van der Waals surface area contributed by atoms with E-state index < -0.39 is 18.1 Å². The molecule has 1 amide bonds. The van der Waals surface area contributed by atoms with Crippen molar-refractivity contribution in [3.8, 4) is 0 Å². The number of halogens is 1. The summed E-state index contributed by atoms with van der Waals surface area (Å²) in [5.74, 6) is -0.686. The van der Waals surface area contributed by atoms with Crippen LogP contribution in [0.4, 0.5) is 0 Å². The molecule has 0 radical (unpaired) electrons. The topological polar surface area (TPSA) is 64.6 Å². The van der Waals surface area contributed by atoms with Gasteiger partial charge in [0.2, 0.25) is 5.91 Å². The minimum atomic E-state index is -0.690. The lowest BCUT2D eigenvalue weighted by molar-refractivity contribution is -0.146. The van der Waals surface area contributed by atoms with Crippen LogP contribution in [0.1, 0.15) is 18.4 Å². The van der Waals surface area contributed by atoms with Crippen LogP contribution in [0.5, 0.6) is 0 Å². The number of ether oxygens (including phenoxy) is 2. The van der Waals surface area contributed by atoms with Crippen LogP contribution in [0.15, 0.2) is 24.3 Å². The van der Waals surface area contributed by atoms with Gasteiger partial charge < -0.3 is 14.8 Å². The Morgan fingerprint density at radius 1 is 1.52 bits per heavy atom. The number of esters is 1. The average molecular weight is 403 g/mol. The molecule has 1 aromatic rings. The SMILES string of the molecule is COC(=O)[C@@H](Cc1cccc(I)c1)NC(=O)[C@H]1CCCO1. The van der Waals surface area contributed by atoms with E-state index in [4.69, 9.17) is 9.47 Å². The molecule has 1 fully saturated rings. The quantitative estimate of drug-likeness (QED) is 0.600. The number of carbonyl (C=O) groups is 2. The third kappa shape index (κ3) is 4.67. The predicted molar refractivity (Wildman–Crippen MR) is 85.8 cm³/mol. The number of carbonyl (C=O) groups excluding carboxylic acids is 2. The summed E-state index contributed by atoms with van der Waals surface area (Å²) < 4.78 is 11.2.